The molecule has 0 saturated carbocycles. The molecule has 128 valence electrons. The highest BCUT2D eigenvalue weighted by atomic mass is 16.2. The number of fused-ring (bicyclic) bond motifs is 1. The molecule has 0 spiro atoms. The summed E-state index contributed by atoms with van der Waals surface area (Å²) in [6, 6.07) is 10.5. The Balaban J connectivity index is 1.53. The molecule has 0 bridgehead atoms. The largest absolute Gasteiger partial charge is 0.338 e. The molecule has 0 aliphatic carbocycles. The van der Waals surface area contributed by atoms with Crippen LogP contribution >= 0.6 is 0 Å². The van der Waals surface area contributed by atoms with Crippen LogP contribution in [-0.2, 0) is 6.54 Å². The number of rotatable bonds is 5. The van der Waals surface area contributed by atoms with Gasteiger partial charge in [-0.25, -0.2) is 4.79 Å². The summed E-state index contributed by atoms with van der Waals surface area (Å²) < 4.78 is 0. The quantitative estimate of drug-likeness (QED) is 0.888. The van der Waals surface area contributed by atoms with Crippen molar-refractivity contribution in [2.75, 3.05) is 19.6 Å². The summed E-state index contributed by atoms with van der Waals surface area (Å²) in [5, 5.41) is 7.08. The number of nitrogens with zero attached hydrogens (tertiary/aromatic N) is 2. The minimum atomic E-state index is -0.0661. The van der Waals surface area contributed by atoms with Crippen molar-refractivity contribution in [3.63, 3.8) is 0 Å². The molecule has 0 unspecified atom stereocenters. The first-order valence-corrected chi connectivity index (χ1v) is 8.71. The molecule has 1 aliphatic rings. The highest BCUT2D eigenvalue weighted by Gasteiger charge is 2.23. The minimum absolute atomic E-state index is 0.0661. The first-order valence-electron chi connectivity index (χ1n) is 8.71. The molecule has 2 aromatic rings. The Morgan fingerprint density at radius 1 is 1.33 bits per heavy atom. The van der Waals surface area contributed by atoms with Crippen LogP contribution in [0.3, 0.4) is 0 Å². The van der Waals surface area contributed by atoms with Crippen molar-refractivity contribution in [2.24, 2.45) is 5.92 Å². The predicted octanol–water partition coefficient (Wildman–Crippen LogP) is 2.76. The Labute approximate surface area is 143 Å². The molecule has 5 nitrogen and oxygen atoms in total. The molecule has 2 N–H and O–H groups in total. The third-order valence-corrected chi connectivity index (χ3v) is 4.47. The monoisotopic (exact) mass is 326 g/mol. The number of benzene rings is 1. The molecule has 2 amide bonds. The van der Waals surface area contributed by atoms with Gasteiger partial charge in [-0.05, 0) is 50.4 Å². The van der Waals surface area contributed by atoms with Crippen molar-refractivity contribution in [3.05, 3.63) is 42.1 Å². The van der Waals surface area contributed by atoms with E-state index in [1.165, 1.54) is 10.9 Å². The number of carbonyl (C=O) groups excluding carboxylic acids is 1. The van der Waals surface area contributed by atoms with Crippen LogP contribution in [0, 0.1) is 5.92 Å². The van der Waals surface area contributed by atoms with Gasteiger partial charge < -0.3 is 10.6 Å². The molecular formula is C19H26N4O. The second kappa shape index (κ2) is 7.62. The predicted molar refractivity (Wildman–Crippen MR) is 96.8 cm³/mol. The van der Waals surface area contributed by atoms with Gasteiger partial charge in [0.05, 0.1) is 5.52 Å². The molecule has 1 atom stereocenters. The molecule has 1 aliphatic heterocycles. The average Bonchev–Trinajstić information content (AvgIpc) is 3.00. The van der Waals surface area contributed by atoms with E-state index in [1.807, 2.05) is 26.1 Å². The number of urea groups is 1. The summed E-state index contributed by atoms with van der Waals surface area (Å²) in [7, 11) is 0. The van der Waals surface area contributed by atoms with Gasteiger partial charge in [0.1, 0.15) is 0 Å². The summed E-state index contributed by atoms with van der Waals surface area (Å²) in [6.45, 7) is 7.73. The van der Waals surface area contributed by atoms with E-state index < -0.39 is 0 Å². The van der Waals surface area contributed by atoms with Crippen molar-refractivity contribution >= 4 is 16.9 Å². The molecular weight excluding hydrogens is 300 g/mol. The average molecular weight is 326 g/mol. The first-order chi connectivity index (χ1) is 11.6. The highest BCUT2D eigenvalue weighted by Crippen LogP contribution is 2.22. The molecule has 1 aromatic carbocycles. The van der Waals surface area contributed by atoms with Gasteiger partial charge in [0.15, 0.2) is 0 Å². The minimum Gasteiger partial charge on any atom is -0.338 e. The number of amides is 2. The zero-order valence-corrected chi connectivity index (χ0v) is 14.5. The van der Waals surface area contributed by atoms with Gasteiger partial charge in [-0.15, -0.1) is 0 Å². The van der Waals surface area contributed by atoms with Gasteiger partial charge in [-0.1, -0.05) is 18.2 Å². The lowest BCUT2D eigenvalue weighted by Gasteiger charge is -2.18. The normalized spacial score (nSPS) is 18.2. The molecule has 2 heterocycles. The van der Waals surface area contributed by atoms with Crippen LogP contribution in [0.1, 0.15) is 25.8 Å². The first kappa shape index (κ1) is 16.7. The molecule has 1 saturated heterocycles. The fourth-order valence-electron chi connectivity index (χ4n) is 3.31. The zero-order chi connectivity index (χ0) is 16.9. The Bertz CT molecular complexity index is 695. The summed E-state index contributed by atoms with van der Waals surface area (Å²) in [5.74, 6) is 0.524. The number of para-hydroxylation sites is 1. The second-order valence-electron chi connectivity index (χ2n) is 6.89. The number of carbonyl (C=O) groups is 1. The maximum atomic E-state index is 11.7. The number of pyridine rings is 1. The van der Waals surface area contributed by atoms with Gasteiger partial charge >= 0.3 is 6.03 Å². The van der Waals surface area contributed by atoms with Gasteiger partial charge in [0, 0.05) is 37.3 Å². The van der Waals surface area contributed by atoms with Crippen LogP contribution in [0.2, 0.25) is 0 Å². The van der Waals surface area contributed by atoms with E-state index in [4.69, 9.17) is 0 Å². The summed E-state index contributed by atoms with van der Waals surface area (Å²) in [4.78, 5) is 18.6. The Kier molecular flexibility index (Phi) is 5.30. The molecule has 5 heteroatoms. The van der Waals surface area contributed by atoms with Crippen molar-refractivity contribution in [1.82, 2.24) is 20.5 Å². The highest BCUT2D eigenvalue weighted by molar-refractivity contribution is 5.81. The van der Waals surface area contributed by atoms with Crippen molar-refractivity contribution in [1.29, 1.82) is 0 Å². The van der Waals surface area contributed by atoms with Crippen LogP contribution in [0.25, 0.3) is 10.9 Å². The van der Waals surface area contributed by atoms with Gasteiger partial charge in [0.2, 0.25) is 0 Å². The number of hydrogen-bond donors (Lipinski definition) is 2. The number of nitrogens with one attached hydrogen (secondary N) is 2. The van der Waals surface area contributed by atoms with E-state index in [0.29, 0.717) is 5.92 Å². The fraction of sp³-hybridized carbons (Fsp3) is 0.474. The van der Waals surface area contributed by atoms with E-state index in [0.717, 1.165) is 38.1 Å². The number of likely N-dealkylation sites (tertiary alicyclic amines) is 1. The van der Waals surface area contributed by atoms with Crippen LogP contribution in [0.15, 0.2) is 36.5 Å². The van der Waals surface area contributed by atoms with Crippen LogP contribution in [0.4, 0.5) is 4.79 Å². The maximum Gasteiger partial charge on any atom is 0.314 e. The number of hydrogen-bond acceptors (Lipinski definition) is 3. The summed E-state index contributed by atoms with van der Waals surface area (Å²) >= 11 is 0. The van der Waals surface area contributed by atoms with Gasteiger partial charge in [0.25, 0.3) is 0 Å². The lowest BCUT2D eigenvalue weighted by atomic mass is 10.1. The lowest BCUT2D eigenvalue weighted by molar-refractivity contribution is 0.236. The Morgan fingerprint density at radius 2 is 2.17 bits per heavy atom. The maximum absolute atomic E-state index is 11.7. The Hall–Kier alpha value is -2.14. The second-order valence-corrected chi connectivity index (χ2v) is 6.89. The zero-order valence-electron chi connectivity index (χ0n) is 14.5. The van der Waals surface area contributed by atoms with Crippen LogP contribution in [-0.4, -0.2) is 41.6 Å². The van der Waals surface area contributed by atoms with Crippen molar-refractivity contribution in [2.45, 2.75) is 32.9 Å². The molecule has 24 heavy (non-hydrogen) atoms. The lowest BCUT2D eigenvalue weighted by Crippen LogP contribution is -2.41. The topological polar surface area (TPSA) is 57.3 Å². The molecule has 0 radical (unpaired) electrons. The molecule has 1 aromatic heterocycles. The van der Waals surface area contributed by atoms with E-state index >= 15 is 0 Å². The van der Waals surface area contributed by atoms with E-state index in [-0.39, 0.29) is 12.1 Å². The Morgan fingerprint density at radius 3 is 3.00 bits per heavy atom. The standard InChI is InChI=1S/C19H26N4O/c1-14(2)22-19(24)21-11-15-8-10-23(12-15)13-16-7-9-20-18-6-4-3-5-17(16)18/h3-7,9,14-15H,8,10-13H2,1-2H3,(H2,21,22,24)/t15-/m1/s1. The van der Waals surface area contributed by atoms with Crippen LogP contribution in [0.5, 0.6) is 0 Å². The SMILES string of the molecule is CC(C)NC(=O)NC[C@H]1CCN(Cc2ccnc3ccccc23)C1. The molecule has 1 fully saturated rings. The fourth-order valence-corrected chi connectivity index (χ4v) is 3.31. The van der Waals surface area contributed by atoms with Crippen molar-refractivity contribution < 1.29 is 4.79 Å². The number of aromatic nitrogens is 1. The summed E-state index contributed by atoms with van der Waals surface area (Å²) in [6.07, 6.45) is 3.02. The van der Waals surface area contributed by atoms with E-state index in [2.05, 4.69) is 44.8 Å². The third-order valence-electron chi connectivity index (χ3n) is 4.47. The van der Waals surface area contributed by atoms with Crippen LogP contribution < -0.4 is 10.6 Å². The third kappa shape index (κ3) is 4.23. The van der Waals surface area contributed by atoms with Gasteiger partial charge in [-0.2, -0.15) is 0 Å². The van der Waals surface area contributed by atoms with E-state index in [1.54, 1.807) is 0 Å². The smallest absolute Gasteiger partial charge is 0.314 e. The van der Waals surface area contributed by atoms with Gasteiger partial charge in [-0.3, -0.25) is 9.88 Å². The van der Waals surface area contributed by atoms with E-state index in [9.17, 15) is 4.79 Å². The summed E-state index contributed by atoms with van der Waals surface area (Å²) in [5.41, 5.74) is 2.38. The molecule has 3 rings (SSSR count). The van der Waals surface area contributed by atoms with Crippen molar-refractivity contribution in [3.8, 4) is 0 Å².